The Balaban J connectivity index is 1.99. The normalized spacial score (nSPS) is 10.4. The van der Waals surface area contributed by atoms with Crippen molar-refractivity contribution in [2.45, 2.75) is 5.16 Å². The van der Waals surface area contributed by atoms with Crippen LogP contribution in [0.5, 0.6) is 5.75 Å². The Kier molecular flexibility index (Phi) is 6.73. The number of rotatable bonds is 6. The molecule has 0 saturated heterocycles. The molecule has 0 unspecified atom stereocenters. The molecule has 3 aromatic rings. The van der Waals surface area contributed by atoms with E-state index in [2.05, 4.69) is 20.8 Å². The minimum absolute atomic E-state index is 0.00886. The van der Waals surface area contributed by atoms with Gasteiger partial charge < -0.3 is 10.1 Å². The van der Waals surface area contributed by atoms with E-state index in [4.69, 9.17) is 16.3 Å². The molecule has 3 amide bonds. The van der Waals surface area contributed by atoms with Gasteiger partial charge in [-0.15, -0.1) is 10.2 Å². The molecule has 8 nitrogen and oxygen atoms in total. The van der Waals surface area contributed by atoms with Gasteiger partial charge in [-0.1, -0.05) is 35.5 Å². The van der Waals surface area contributed by atoms with Crippen molar-refractivity contribution in [2.24, 2.45) is 0 Å². The summed E-state index contributed by atoms with van der Waals surface area (Å²) in [4.78, 5) is 23.3. The van der Waals surface area contributed by atoms with Gasteiger partial charge in [0, 0.05) is 17.8 Å². The van der Waals surface area contributed by atoms with Crippen molar-refractivity contribution in [1.29, 1.82) is 0 Å². The van der Waals surface area contributed by atoms with Crippen LogP contribution in [0.4, 0.5) is 4.79 Å². The summed E-state index contributed by atoms with van der Waals surface area (Å²) in [6, 6.07) is 14.1. The molecule has 3 rings (SSSR count). The minimum Gasteiger partial charge on any atom is -0.496 e. The molecule has 1 aromatic heterocycles. The van der Waals surface area contributed by atoms with Crippen LogP contribution in [-0.2, 0) is 4.79 Å². The van der Waals surface area contributed by atoms with Gasteiger partial charge in [-0.05, 0) is 36.4 Å². The molecule has 0 atom stereocenters. The fourth-order valence-electron chi connectivity index (χ4n) is 2.55. The van der Waals surface area contributed by atoms with Crippen molar-refractivity contribution in [1.82, 2.24) is 25.4 Å². The molecule has 0 fully saturated rings. The standard InChI is InChI=1S/C19H18ClN5O3S/c1-21-18(27)22-16(26)11-29-19-24-23-17(14-5-3-4-6-15(14)28-2)25(19)13-9-7-12(20)8-10-13/h3-10H,11H2,1-2H3,(H2,21,22,26,27). The molecule has 0 aliphatic heterocycles. The van der Waals surface area contributed by atoms with Crippen LogP contribution in [0.25, 0.3) is 17.1 Å². The predicted octanol–water partition coefficient (Wildman–Crippen LogP) is 3.14. The molecule has 1 heterocycles. The van der Waals surface area contributed by atoms with Crippen molar-refractivity contribution in [3.8, 4) is 22.8 Å². The van der Waals surface area contributed by atoms with E-state index in [-0.39, 0.29) is 5.75 Å². The van der Waals surface area contributed by atoms with Gasteiger partial charge in [-0.3, -0.25) is 14.7 Å². The van der Waals surface area contributed by atoms with Crippen molar-refractivity contribution in [3.63, 3.8) is 0 Å². The third-order valence-corrected chi connectivity index (χ3v) is 5.06. The second kappa shape index (κ2) is 9.44. The second-order valence-electron chi connectivity index (χ2n) is 5.73. The maximum absolute atomic E-state index is 12.0. The summed E-state index contributed by atoms with van der Waals surface area (Å²) in [5, 5.41) is 14.2. The Bertz CT molecular complexity index is 1020. The topological polar surface area (TPSA) is 98.1 Å². The molecule has 29 heavy (non-hydrogen) atoms. The molecule has 150 valence electrons. The number of carbonyl (C=O) groups is 2. The first kappa shape index (κ1) is 20.7. The van der Waals surface area contributed by atoms with Crippen molar-refractivity contribution >= 4 is 35.3 Å². The van der Waals surface area contributed by atoms with Crippen molar-refractivity contribution < 1.29 is 14.3 Å². The highest BCUT2D eigenvalue weighted by Gasteiger charge is 2.20. The maximum Gasteiger partial charge on any atom is 0.321 e. The van der Waals surface area contributed by atoms with E-state index in [9.17, 15) is 9.59 Å². The van der Waals surface area contributed by atoms with Crippen LogP contribution in [-0.4, -0.2) is 46.6 Å². The average Bonchev–Trinajstić information content (AvgIpc) is 3.16. The molecule has 0 saturated carbocycles. The van der Waals surface area contributed by atoms with Crippen LogP contribution < -0.4 is 15.4 Å². The van der Waals surface area contributed by atoms with E-state index in [1.165, 1.54) is 7.05 Å². The van der Waals surface area contributed by atoms with Gasteiger partial charge in [0.15, 0.2) is 11.0 Å². The van der Waals surface area contributed by atoms with E-state index in [1.807, 2.05) is 41.0 Å². The summed E-state index contributed by atoms with van der Waals surface area (Å²) in [5.41, 5.74) is 1.52. The van der Waals surface area contributed by atoms with Crippen LogP contribution in [0.2, 0.25) is 5.02 Å². The van der Waals surface area contributed by atoms with Gasteiger partial charge in [-0.25, -0.2) is 4.79 Å². The number of benzene rings is 2. The number of hydrogen-bond donors (Lipinski definition) is 2. The number of urea groups is 1. The third kappa shape index (κ3) is 4.87. The number of para-hydroxylation sites is 1. The number of aromatic nitrogens is 3. The third-order valence-electron chi connectivity index (χ3n) is 3.88. The van der Waals surface area contributed by atoms with Crippen LogP contribution in [0.3, 0.4) is 0 Å². The number of halogens is 1. The number of methoxy groups -OCH3 is 1. The second-order valence-corrected chi connectivity index (χ2v) is 7.11. The molecule has 0 radical (unpaired) electrons. The van der Waals surface area contributed by atoms with Gasteiger partial charge in [0.1, 0.15) is 5.75 Å². The van der Waals surface area contributed by atoms with Gasteiger partial charge >= 0.3 is 6.03 Å². The smallest absolute Gasteiger partial charge is 0.321 e. The number of amides is 3. The molecule has 0 aliphatic rings. The number of carbonyl (C=O) groups excluding carboxylic acids is 2. The number of imide groups is 1. The Morgan fingerprint density at radius 1 is 1.14 bits per heavy atom. The number of ether oxygens (including phenoxy) is 1. The Labute approximate surface area is 176 Å². The van der Waals surface area contributed by atoms with E-state index in [0.29, 0.717) is 21.8 Å². The molecule has 0 aliphatic carbocycles. The number of hydrogen-bond acceptors (Lipinski definition) is 6. The SMILES string of the molecule is CNC(=O)NC(=O)CSc1nnc(-c2ccccc2OC)n1-c1ccc(Cl)cc1. The molecular formula is C19H18ClN5O3S. The molecule has 2 aromatic carbocycles. The largest absolute Gasteiger partial charge is 0.496 e. The lowest BCUT2D eigenvalue weighted by atomic mass is 10.2. The number of thioether (sulfide) groups is 1. The first-order chi connectivity index (χ1) is 14.0. The van der Waals surface area contributed by atoms with Gasteiger partial charge in [0.05, 0.1) is 18.4 Å². The Morgan fingerprint density at radius 2 is 1.86 bits per heavy atom. The highest BCUT2D eigenvalue weighted by molar-refractivity contribution is 7.99. The van der Waals surface area contributed by atoms with Crippen molar-refractivity contribution in [2.75, 3.05) is 19.9 Å². The lowest BCUT2D eigenvalue weighted by molar-refractivity contribution is -0.117. The van der Waals surface area contributed by atoms with Gasteiger partial charge in [-0.2, -0.15) is 0 Å². The quantitative estimate of drug-likeness (QED) is 0.582. The fourth-order valence-corrected chi connectivity index (χ4v) is 3.42. The van der Waals surface area contributed by atoms with E-state index < -0.39 is 11.9 Å². The molecule has 0 bridgehead atoms. The summed E-state index contributed by atoms with van der Waals surface area (Å²) in [5.74, 6) is 0.743. The van der Waals surface area contributed by atoms with Gasteiger partial charge in [0.2, 0.25) is 5.91 Å². The van der Waals surface area contributed by atoms with E-state index >= 15 is 0 Å². The number of nitrogens with one attached hydrogen (secondary N) is 2. The first-order valence-corrected chi connectivity index (χ1v) is 9.89. The lowest BCUT2D eigenvalue weighted by Gasteiger charge is -2.12. The van der Waals surface area contributed by atoms with Crippen LogP contribution in [0.15, 0.2) is 53.7 Å². The average molecular weight is 432 g/mol. The van der Waals surface area contributed by atoms with Crippen LogP contribution >= 0.6 is 23.4 Å². The molecule has 0 spiro atoms. The summed E-state index contributed by atoms with van der Waals surface area (Å²) < 4.78 is 7.27. The zero-order valence-electron chi connectivity index (χ0n) is 15.7. The summed E-state index contributed by atoms with van der Waals surface area (Å²) in [7, 11) is 3.02. The molecule has 10 heteroatoms. The highest BCUT2D eigenvalue weighted by atomic mass is 35.5. The van der Waals surface area contributed by atoms with Crippen LogP contribution in [0, 0.1) is 0 Å². The van der Waals surface area contributed by atoms with Crippen LogP contribution in [0.1, 0.15) is 0 Å². The first-order valence-electron chi connectivity index (χ1n) is 8.52. The lowest BCUT2D eigenvalue weighted by Crippen LogP contribution is -2.38. The zero-order chi connectivity index (χ0) is 20.8. The Morgan fingerprint density at radius 3 is 2.55 bits per heavy atom. The zero-order valence-corrected chi connectivity index (χ0v) is 17.3. The van der Waals surface area contributed by atoms with Gasteiger partial charge in [0.25, 0.3) is 0 Å². The monoisotopic (exact) mass is 431 g/mol. The molecular weight excluding hydrogens is 414 g/mol. The fraction of sp³-hybridized carbons (Fsp3) is 0.158. The van der Waals surface area contributed by atoms with Crippen molar-refractivity contribution in [3.05, 3.63) is 53.6 Å². The summed E-state index contributed by atoms with van der Waals surface area (Å²) >= 11 is 7.18. The number of nitrogens with zero attached hydrogens (tertiary/aromatic N) is 3. The maximum atomic E-state index is 12.0. The molecule has 2 N–H and O–H groups in total. The summed E-state index contributed by atoms with van der Waals surface area (Å²) in [6.07, 6.45) is 0. The van der Waals surface area contributed by atoms with E-state index in [0.717, 1.165) is 23.0 Å². The highest BCUT2D eigenvalue weighted by Crippen LogP contribution is 2.33. The Hall–Kier alpha value is -3.04. The van der Waals surface area contributed by atoms with E-state index in [1.54, 1.807) is 19.2 Å². The summed E-state index contributed by atoms with van der Waals surface area (Å²) in [6.45, 7) is 0. The predicted molar refractivity (Wildman–Crippen MR) is 112 cm³/mol. The minimum atomic E-state index is -0.565.